The molecule has 7 heteroatoms. The van der Waals surface area contributed by atoms with Gasteiger partial charge in [0.25, 0.3) is 0 Å². The summed E-state index contributed by atoms with van der Waals surface area (Å²) in [4.78, 5) is 31.3. The molecule has 0 aliphatic carbocycles. The second-order valence-corrected chi connectivity index (χ2v) is 10.2. The molecule has 2 aromatic rings. The summed E-state index contributed by atoms with van der Waals surface area (Å²) in [6, 6.07) is 13.5. The van der Waals surface area contributed by atoms with Gasteiger partial charge in [0.15, 0.2) is 0 Å². The summed E-state index contributed by atoms with van der Waals surface area (Å²) in [7, 11) is 1.80. The third-order valence-corrected chi connectivity index (χ3v) is 9.66. The van der Waals surface area contributed by atoms with Crippen LogP contribution >= 0.6 is 35.1 Å². The first-order valence-electron chi connectivity index (χ1n) is 9.26. The van der Waals surface area contributed by atoms with Crippen molar-refractivity contribution < 1.29 is 9.59 Å². The number of nitrogens with zero attached hydrogens (tertiary/aromatic N) is 2. The molecule has 2 aromatic carbocycles. The van der Waals surface area contributed by atoms with Gasteiger partial charge in [0, 0.05) is 52.6 Å². The molecule has 1 fully saturated rings. The molecule has 0 saturated carbocycles. The quantitative estimate of drug-likeness (QED) is 0.678. The normalized spacial score (nSPS) is 28.4. The van der Waals surface area contributed by atoms with Crippen molar-refractivity contribution in [2.75, 3.05) is 34.9 Å². The number of amides is 2. The minimum absolute atomic E-state index is 0.0112. The van der Waals surface area contributed by atoms with Crippen molar-refractivity contribution >= 4 is 58.3 Å². The molecule has 0 bridgehead atoms. The summed E-state index contributed by atoms with van der Waals surface area (Å²) in [5.41, 5.74) is 3.54. The number of fused-ring (bicyclic) bond motifs is 5. The first-order chi connectivity index (χ1) is 13.5. The molecule has 0 unspecified atom stereocenters. The minimum atomic E-state index is -1.01. The second kappa shape index (κ2) is 6.18. The first kappa shape index (κ1) is 18.4. The van der Waals surface area contributed by atoms with Crippen LogP contribution in [0.1, 0.15) is 18.1 Å². The predicted molar refractivity (Wildman–Crippen MR) is 118 cm³/mol. The van der Waals surface area contributed by atoms with E-state index in [0.29, 0.717) is 11.6 Å². The maximum Gasteiger partial charge on any atom is 0.250 e. The average Bonchev–Trinajstić information content (AvgIpc) is 3.07. The fourth-order valence-corrected chi connectivity index (χ4v) is 8.58. The van der Waals surface area contributed by atoms with Crippen LogP contribution in [0.15, 0.2) is 42.5 Å². The van der Waals surface area contributed by atoms with Crippen LogP contribution in [0.4, 0.5) is 11.4 Å². The molecule has 2 atom stereocenters. The standard InChI is InChI=1S/C21H19ClN2O2S2/c1-3-24-17-9-8-13(22)12-15(17)21(19(24)26)20(27-10-11-28-21)14-6-4-5-7-16(14)23(2)18(20)25/h4-9,12H,3,10-11H2,1-2H3/t20-,21-/m1/s1. The minimum Gasteiger partial charge on any atom is -0.314 e. The predicted octanol–water partition coefficient (Wildman–Crippen LogP) is 4.25. The fraction of sp³-hybridized carbons (Fsp3) is 0.333. The topological polar surface area (TPSA) is 40.6 Å². The molecule has 0 radical (unpaired) electrons. The molecule has 0 N–H and O–H groups in total. The molecule has 2 amide bonds. The Hall–Kier alpha value is -1.63. The maximum absolute atomic E-state index is 14.0. The van der Waals surface area contributed by atoms with Crippen LogP contribution in [0, 0.1) is 0 Å². The largest absolute Gasteiger partial charge is 0.314 e. The third kappa shape index (κ3) is 1.96. The van der Waals surface area contributed by atoms with Crippen molar-refractivity contribution in [2.24, 2.45) is 0 Å². The molecule has 1 saturated heterocycles. The summed E-state index contributed by atoms with van der Waals surface area (Å²) < 4.78 is -1.99. The number of para-hydroxylation sites is 1. The molecule has 2 spiro atoms. The van der Waals surface area contributed by atoms with Crippen LogP contribution in [0.5, 0.6) is 0 Å². The third-order valence-electron chi connectivity index (χ3n) is 5.96. The van der Waals surface area contributed by atoms with Gasteiger partial charge >= 0.3 is 0 Å². The van der Waals surface area contributed by atoms with E-state index in [9.17, 15) is 9.59 Å². The molecule has 144 valence electrons. The zero-order valence-corrected chi connectivity index (χ0v) is 18.0. The Bertz CT molecular complexity index is 1030. The SMILES string of the molecule is CCN1C(=O)[C@]2(SCCS[C@]23C(=O)N(C)c2ccccc23)c2cc(Cl)ccc21. The van der Waals surface area contributed by atoms with E-state index in [1.165, 1.54) is 0 Å². The van der Waals surface area contributed by atoms with E-state index >= 15 is 0 Å². The smallest absolute Gasteiger partial charge is 0.250 e. The number of anilines is 2. The van der Waals surface area contributed by atoms with E-state index in [4.69, 9.17) is 11.6 Å². The van der Waals surface area contributed by atoms with Crippen molar-refractivity contribution in [3.63, 3.8) is 0 Å². The highest BCUT2D eigenvalue weighted by Crippen LogP contribution is 2.69. The van der Waals surface area contributed by atoms with E-state index in [0.717, 1.165) is 34.0 Å². The van der Waals surface area contributed by atoms with Crippen LogP contribution in [-0.2, 0) is 19.1 Å². The van der Waals surface area contributed by atoms with E-state index < -0.39 is 9.49 Å². The van der Waals surface area contributed by atoms with E-state index in [1.54, 1.807) is 40.4 Å². The molecule has 4 nitrogen and oxygen atoms in total. The second-order valence-electron chi connectivity index (χ2n) is 7.15. The lowest BCUT2D eigenvalue weighted by Gasteiger charge is -2.46. The van der Waals surface area contributed by atoms with Gasteiger partial charge in [-0.15, -0.1) is 23.5 Å². The number of benzene rings is 2. The Morgan fingerprint density at radius 2 is 1.64 bits per heavy atom. The van der Waals surface area contributed by atoms with Crippen molar-refractivity contribution in [3.05, 3.63) is 58.6 Å². The van der Waals surface area contributed by atoms with Gasteiger partial charge in [-0.2, -0.15) is 0 Å². The lowest BCUT2D eigenvalue weighted by atomic mass is 9.80. The average molecular weight is 431 g/mol. The number of hydrogen-bond acceptors (Lipinski definition) is 4. The zero-order valence-electron chi connectivity index (χ0n) is 15.6. The summed E-state index contributed by atoms with van der Waals surface area (Å²) in [5, 5.41) is 0.585. The number of thioether (sulfide) groups is 2. The first-order valence-corrected chi connectivity index (χ1v) is 11.6. The van der Waals surface area contributed by atoms with Gasteiger partial charge in [-0.3, -0.25) is 9.59 Å². The molecular formula is C21H19ClN2O2S2. The van der Waals surface area contributed by atoms with Crippen molar-refractivity contribution in [1.29, 1.82) is 0 Å². The lowest BCUT2D eigenvalue weighted by Crippen LogP contribution is -2.58. The van der Waals surface area contributed by atoms with Crippen LogP contribution in [0.2, 0.25) is 5.02 Å². The van der Waals surface area contributed by atoms with Gasteiger partial charge in [0.2, 0.25) is 11.8 Å². The Morgan fingerprint density at radius 1 is 0.964 bits per heavy atom. The van der Waals surface area contributed by atoms with Gasteiger partial charge < -0.3 is 9.80 Å². The summed E-state index contributed by atoms with van der Waals surface area (Å²) in [6.45, 7) is 2.53. The number of halogens is 1. The molecule has 3 aliphatic heterocycles. The summed E-state index contributed by atoms with van der Waals surface area (Å²) in [6.07, 6.45) is 0. The van der Waals surface area contributed by atoms with E-state index in [2.05, 4.69) is 0 Å². The van der Waals surface area contributed by atoms with Crippen molar-refractivity contribution in [2.45, 2.75) is 16.4 Å². The highest BCUT2D eigenvalue weighted by molar-refractivity contribution is 8.08. The fourth-order valence-electron chi connectivity index (χ4n) is 4.83. The van der Waals surface area contributed by atoms with Crippen LogP contribution in [-0.4, -0.2) is 36.9 Å². The monoisotopic (exact) mass is 430 g/mol. The van der Waals surface area contributed by atoms with Gasteiger partial charge in [0.1, 0.15) is 9.49 Å². The Kier molecular flexibility index (Phi) is 4.06. The Morgan fingerprint density at radius 3 is 2.36 bits per heavy atom. The number of likely N-dealkylation sites (N-methyl/N-ethyl adjacent to an activating group) is 2. The van der Waals surface area contributed by atoms with Crippen LogP contribution in [0.25, 0.3) is 0 Å². The molecule has 3 heterocycles. The number of carbonyl (C=O) groups is 2. The number of carbonyl (C=O) groups excluding carboxylic acids is 2. The molecule has 0 aromatic heterocycles. The van der Waals surface area contributed by atoms with Crippen LogP contribution < -0.4 is 9.80 Å². The number of hydrogen-bond donors (Lipinski definition) is 0. The van der Waals surface area contributed by atoms with E-state index in [1.807, 2.05) is 49.4 Å². The van der Waals surface area contributed by atoms with Crippen molar-refractivity contribution in [3.8, 4) is 0 Å². The Labute approximate surface area is 177 Å². The lowest BCUT2D eigenvalue weighted by molar-refractivity contribution is -0.127. The Balaban J connectivity index is 1.88. The highest BCUT2D eigenvalue weighted by atomic mass is 35.5. The van der Waals surface area contributed by atoms with Gasteiger partial charge in [-0.1, -0.05) is 29.8 Å². The van der Waals surface area contributed by atoms with Gasteiger partial charge in [-0.25, -0.2) is 0 Å². The van der Waals surface area contributed by atoms with E-state index in [-0.39, 0.29) is 11.8 Å². The zero-order chi connectivity index (χ0) is 19.7. The molecular weight excluding hydrogens is 412 g/mol. The highest BCUT2D eigenvalue weighted by Gasteiger charge is 2.72. The van der Waals surface area contributed by atoms with Gasteiger partial charge in [0.05, 0.1) is 0 Å². The molecule has 3 aliphatic rings. The summed E-state index contributed by atoms with van der Waals surface area (Å²) in [5.74, 6) is 1.59. The molecule has 28 heavy (non-hydrogen) atoms. The maximum atomic E-state index is 14.0. The summed E-state index contributed by atoms with van der Waals surface area (Å²) >= 11 is 9.59. The van der Waals surface area contributed by atoms with Crippen molar-refractivity contribution in [1.82, 2.24) is 0 Å². The van der Waals surface area contributed by atoms with Gasteiger partial charge in [-0.05, 0) is 31.2 Å². The number of rotatable bonds is 1. The molecule has 5 rings (SSSR count). The van der Waals surface area contributed by atoms with Crippen LogP contribution in [0.3, 0.4) is 0 Å².